The zero-order chi connectivity index (χ0) is 11.8. The minimum absolute atomic E-state index is 0.0152. The molecule has 0 N–H and O–H groups in total. The van der Waals surface area contributed by atoms with Crippen LogP contribution in [0.5, 0.6) is 0 Å². The minimum Gasteiger partial charge on any atom is -0.292 e. The quantitative estimate of drug-likeness (QED) is 0.400. The van der Waals surface area contributed by atoms with Crippen LogP contribution in [-0.4, -0.2) is 10.8 Å². The molecule has 0 fully saturated rings. The van der Waals surface area contributed by atoms with Crippen molar-refractivity contribution in [2.75, 3.05) is 0 Å². The fraction of sp³-hybridized carbons (Fsp3) is 0.385. The third-order valence-electron chi connectivity index (χ3n) is 2.33. The molecule has 0 aliphatic carbocycles. The van der Waals surface area contributed by atoms with Gasteiger partial charge in [-0.3, -0.25) is 9.78 Å². The Bertz CT molecular complexity index is 345. The lowest BCUT2D eigenvalue weighted by atomic mass is 10.1. The second-order valence-electron chi connectivity index (χ2n) is 3.67. The molecule has 0 saturated heterocycles. The van der Waals surface area contributed by atoms with Gasteiger partial charge in [-0.15, -0.1) is 6.58 Å². The van der Waals surface area contributed by atoms with Crippen molar-refractivity contribution in [2.24, 2.45) is 0 Å². The van der Waals surface area contributed by atoms with Gasteiger partial charge in [0.1, 0.15) is 11.5 Å². The lowest BCUT2D eigenvalue weighted by Crippen LogP contribution is -2.01. The highest BCUT2D eigenvalue weighted by atomic mass is 19.1. The summed E-state index contributed by atoms with van der Waals surface area (Å²) in [5.41, 5.74) is 0.352. The van der Waals surface area contributed by atoms with E-state index in [1.165, 1.54) is 12.1 Å². The van der Waals surface area contributed by atoms with E-state index in [0.717, 1.165) is 31.9 Å². The number of carbonyl (C=O) groups excluding carboxylic acids is 1. The van der Waals surface area contributed by atoms with E-state index in [-0.39, 0.29) is 5.78 Å². The summed E-state index contributed by atoms with van der Waals surface area (Å²) in [6, 6.07) is 2.69. The minimum atomic E-state index is -0.414. The number of aromatic nitrogens is 1. The van der Waals surface area contributed by atoms with Crippen LogP contribution in [0, 0.1) is 5.82 Å². The molecule has 0 spiro atoms. The predicted molar refractivity (Wildman–Crippen MR) is 61.8 cm³/mol. The number of rotatable bonds is 7. The number of hydrogen-bond donors (Lipinski definition) is 0. The number of Topliss-reactive ketones (excluding diaryl/α,β-unsaturated/α-hetero) is 1. The summed E-state index contributed by atoms with van der Waals surface area (Å²) < 4.78 is 12.6. The molecular weight excluding hydrogens is 205 g/mol. The molecule has 16 heavy (non-hydrogen) atoms. The summed E-state index contributed by atoms with van der Waals surface area (Å²) in [5, 5.41) is 0. The molecule has 0 saturated carbocycles. The lowest BCUT2D eigenvalue weighted by molar-refractivity contribution is 0.0974. The second-order valence-corrected chi connectivity index (χ2v) is 3.67. The second kappa shape index (κ2) is 6.88. The van der Waals surface area contributed by atoms with Gasteiger partial charge in [-0.2, -0.15) is 0 Å². The monoisotopic (exact) mass is 221 g/mol. The summed E-state index contributed by atoms with van der Waals surface area (Å²) in [5.74, 6) is -0.430. The van der Waals surface area contributed by atoms with Crippen molar-refractivity contribution in [1.29, 1.82) is 0 Å². The highest BCUT2D eigenvalue weighted by Gasteiger charge is 2.06. The molecule has 0 amide bonds. The van der Waals surface area contributed by atoms with Gasteiger partial charge in [-0.25, -0.2) is 4.39 Å². The zero-order valence-corrected chi connectivity index (χ0v) is 9.29. The maximum absolute atomic E-state index is 12.6. The number of nitrogens with zero attached hydrogens (tertiary/aromatic N) is 1. The predicted octanol–water partition coefficient (Wildman–Crippen LogP) is 3.54. The molecular formula is C13H16FNO. The first kappa shape index (κ1) is 12.6. The van der Waals surface area contributed by atoms with Gasteiger partial charge in [0.25, 0.3) is 0 Å². The van der Waals surface area contributed by atoms with Crippen LogP contribution in [0.3, 0.4) is 0 Å². The molecule has 0 aliphatic rings. The van der Waals surface area contributed by atoms with Gasteiger partial charge >= 0.3 is 0 Å². The van der Waals surface area contributed by atoms with E-state index < -0.39 is 5.82 Å². The third-order valence-corrected chi connectivity index (χ3v) is 2.33. The van der Waals surface area contributed by atoms with Crippen molar-refractivity contribution in [1.82, 2.24) is 4.98 Å². The normalized spacial score (nSPS) is 10.1. The smallest absolute Gasteiger partial charge is 0.181 e. The van der Waals surface area contributed by atoms with Crippen LogP contribution in [0.2, 0.25) is 0 Å². The highest BCUT2D eigenvalue weighted by Crippen LogP contribution is 2.08. The molecule has 1 aromatic rings. The number of hydrogen-bond acceptors (Lipinski definition) is 2. The first-order valence-electron chi connectivity index (χ1n) is 5.49. The Balaban J connectivity index is 2.29. The fourth-order valence-corrected chi connectivity index (χ4v) is 1.42. The van der Waals surface area contributed by atoms with E-state index in [4.69, 9.17) is 0 Å². The van der Waals surface area contributed by atoms with Gasteiger partial charge < -0.3 is 0 Å². The average molecular weight is 221 g/mol. The van der Waals surface area contributed by atoms with E-state index in [1.807, 2.05) is 6.08 Å². The SMILES string of the molecule is C=CCCCCCC(=O)c1ccc(F)cn1. The number of carbonyl (C=O) groups is 1. The highest BCUT2D eigenvalue weighted by molar-refractivity contribution is 5.94. The van der Waals surface area contributed by atoms with Gasteiger partial charge in [-0.05, 0) is 31.4 Å². The summed E-state index contributed by atoms with van der Waals surface area (Å²) in [6.07, 6.45) is 7.35. The van der Waals surface area contributed by atoms with E-state index in [1.54, 1.807) is 0 Å². The molecule has 0 bridgehead atoms. The summed E-state index contributed by atoms with van der Waals surface area (Å²) in [6.45, 7) is 3.64. The molecule has 0 radical (unpaired) electrons. The molecule has 0 unspecified atom stereocenters. The van der Waals surface area contributed by atoms with E-state index in [2.05, 4.69) is 11.6 Å². The van der Waals surface area contributed by atoms with Crippen LogP contribution in [0.15, 0.2) is 31.0 Å². The fourth-order valence-electron chi connectivity index (χ4n) is 1.42. The molecule has 3 heteroatoms. The summed E-state index contributed by atoms with van der Waals surface area (Å²) >= 11 is 0. The van der Waals surface area contributed by atoms with Crippen molar-refractivity contribution in [3.8, 4) is 0 Å². The largest absolute Gasteiger partial charge is 0.292 e. The van der Waals surface area contributed by atoms with Crippen LogP contribution in [0.25, 0.3) is 0 Å². The Labute approximate surface area is 95.2 Å². The Hall–Kier alpha value is -1.51. The zero-order valence-electron chi connectivity index (χ0n) is 9.29. The molecule has 1 heterocycles. The maximum atomic E-state index is 12.6. The number of unbranched alkanes of at least 4 members (excludes halogenated alkanes) is 3. The van der Waals surface area contributed by atoms with Crippen LogP contribution in [0.4, 0.5) is 4.39 Å². The average Bonchev–Trinajstić information content (AvgIpc) is 2.29. The van der Waals surface area contributed by atoms with Crippen LogP contribution in [0.1, 0.15) is 42.6 Å². The van der Waals surface area contributed by atoms with Crippen molar-refractivity contribution in [3.63, 3.8) is 0 Å². The lowest BCUT2D eigenvalue weighted by Gasteiger charge is -2.00. The van der Waals surface area contributed by atoms with E-state index in [9.17, 15) is 9.18 Å². The molecule has 0 aromatic carbocycles. The van der Waals surface area contributed by atoms with Crippen molar-refractivity contribution in [2.45, 2.75) is 32.1 Å². The third kappa shape index (κ3) is 4.34. The number of halogens is 1. The molecule has 86 valence electrons. The Morgan fingerprint density at radius 1 is 1.38 bits per heavy atom. The van der Waals surface area contributed by atoms with Crippen LogP contribution in [-0.2, 0) is 0 Å². The van der Waals surface area contributed by atoms with Gasteiger partial charge in [0.05, 0.1) is 6.20 Å². The van der Waals surface area contributed by atoms with Crippen molar-refractivity contribution in [3.05, 3.63) is 42.5 Å². The molecule has 2 nitrogen and oxygen atoms in total. The molecule has 1 aromatic heterocycles. The summed E-state index contributed by atoms with van der Waals surface area (Å²) in [4.78, 5) is 15.3. The summed E-state index contributed by atoms with van der Waals surface area (Å²) in [7, 11) is 0. The Kier molecular flexibility index (Phi) is 5.40. The van der Waals surface area contributed by atoms with Gasteiger partial charge in [0.2, 0.25) is 0 Å². The van der Waals surface area contributed by atoms with Crippen molar-refractivity contribution < 1.29 is 9.18 Å². The standard InChI is InChI=1S/C13H16FNO/c1-2-3-4-5-6-7-13(16)12-9-8-11(14)10-15-12/h2,8-10H,1,3-7H2. The topological polar surface area (TPSA) is 30.0 Å². The number of ketones is 1. The molecule has 1 rings (SSSR count). The number of allylic oxidation sites excluding steroid dienone is 1. The molecule has 0 atom stereocenters. The van der Waals surface area contributed by atoms with E-state index >= 15 is 0 Å². The van der Waals surface area contributed by atoms with Gasteiger partial charge in [0.15, 0.2) is 5.78 Å². The Morgan fingerprint density at radius 2 is 2.19 bits per heavy atom. The first-order chi connectivity index (χ1) is 7.74. The van der Waals surface area contributed by atoms with Crippen LogP contribution < -0.4 is 0 Å². The number of pyridine rings is 1. The van der Waals surface area contributed by atoms with E-state index in [0.29, 0.717) is 12.1 Å². The van der Waals surface area contributed by atoms with Gasteiger partial charge in [-0.1, -0.05) is 12.5 Å². The van der Waals surface area contributed by atoms with Gasteiger partial charge in [0, 0.05) is 6.42 Å². The first-order valence-corrected chi connectivity index (χ1v) is 5.49. The maximum Gasteiger partial charge on any atom is 0.181 e. The van der Waals surface area contributed by atoms with Crippen LogP contribution >= 0.6 is 0 Å². The molecule has 0 aliphatic heterocycles. The Morgan fingerprint density at radius 3 is 2.81 bits per heavy atom. The van der Waals surface area contributed by atoms with Crippen molar-refractivity contribution >= 4 is 5.78 Å².